The number of aromatic nitrogens is 2. The maximum atomic E-state index is 12.3. The highest BCUT2D eigenvalue weighted by Crippen LogP contribution is 2.16. The Morgan fingerprint density at radius 3 is 2.38 bits per heavy atom. The van der Waals surface area contributed by atoms with E-state index in [0.717, 1.165) is 5.57 Å². The van der Waals surface area contributed by atoms with Crippen LogP contribution in [0.3, 0.4) is 0 Å². The molecular formula is C16H18N4O3S. The summed E-state index contributed by atoms with van der Waals surface area (Å²) in [5, 5.41) is 2.65. The van der Waals surface area contributed by atoms with E-state index in [9.17, 15) is 13.2 Å². The van der Waals surface area contributed by atoms with Gasteiger partial charge in [-0.1, -0.05) is 5.57 Å². The van der Waals surface area contributed by atoms with Gasteiger partial charge >= 0.3 is 0 Å². The van der Waals surface area contributed by atoms with Crippen molar-refractivity contribution in [2.24, 2.45) is 0 Å². The molecule has 0 saturated carbocycles. The van der Waals surface area contributed by atoms with E-state index in [4.69, 9.17) is 0 Å². The molecule has 0 unspecified atom stereocenters. The fourth-order valence-electron chi connectivity index (χ4n) is 1.84. The molecule has 0 aliphatic carbocycles. The van der Waals surface area contributed by atoms with Gasteiger partial charge in [-0.05, 0) is 51.1 Å². The van der Waals surface area contributed by atoms with Crippen LogP contribution < -0.4 is 10.0 Å². The number of nitrogens with one attached hydrogen (secondary N) is 2. The predicted octanol–water partition coefficient (Wildman–Crippen LogP) is 2.49. The number of anilines is 2. The molecule has 2 aromatic rings. The standard InChI is InChI=1S/C16H18N4O3S/c1-11(2)10-15(21)19-13-4-6-14(7-5-13)24(22,23)20-16-17-9-8-12(3)18-16/h4-10H,1-3H3,(H,19,21)(H,17,18,20). The number of amides is 1. The fraction of sp³-hybridized carbons (Fsp3) is 0.188. The second-order valence-electron chi connectivity index (χ2n) is 5.36. The number of sulfonamides is 1. The Morgan fingerprint density at radius 2 is 1.79 bits per heavy atom. The molecule has 0 bridgehead atoms. The first kappa shape index (κ1) is 17.6. The van der Waals surface area contributed by atoms with Crippen LogP contribution in [0.5, 0.6) is 0 Å². The molecule has 126 valence electrons. The zero-order chi connectivity index (χ0) is 17.7. The number of nitrogens with zero attached hydrogens (tertiary/aromatic N) is 2. The molecule has 0 fully saturated rings. The van der Waals surface area contributed by atoms with E-state index >= 15 is 0 Å². The summed E-state index contributed by atoms with van der Waals surface area (Å²) in [5.74, 6) is -0.257. The number of rotatable bonds is 5. The summed E-state index contributed by atoms with van der Waals surface area (Å²) >= 11 is 0. The molecule has 1 aromatic heterocycles. The Hall–Kier alpha value is -2.74. The molecule has 2 rings (SSSR count). The Kier molecular flexibility index (Phi) is 5.30. The SMILES string of the molecule is CC(C)=CC(=O)Nc1ccc(S(=O)(=O)Nc2nccc(C)n2)cc1. The average molecular weight is 346 g/mol. The van der Waals surface area contributed by atoms with Crippen molar-refractivity contribution in [1.82, 2.24) is 9.97 Å². The molecule has 0 radical (unpaired) electrons. The molecule has 2 N–H and O–H groups in total. The van der Waals surface area contributed by atoms with Crippen LogP contribution in [0.25, 0.3) is 0 Å². The van der Waals surface area contributed by atoms with Crippen molar-refractivity contribution in [3.8, 4) is 0 Å². The summed E-state index contributed by atoms with van der Waals surface area (Å²) in [4.78, 5) is 19.6. The number of hydrogen-bond acceptors (Lipinski definition) is 5. The van der Waals surface area contributed by atoms with Crippen LogP contribution in [0.15, 0.2) is 53.1 Å². The first-order valence-corrected chi connectivity index (χ1v) is 8.63. The van der Waals surface area contributed by atoms with Gasteiger partial charge in [0.25, 0.3) is 10.0 Å². The molecule has 1 aromatic carbocycles. The van der Waals surface area contributed by atoms with Crippen molar-refractivity contribution >= 4 is 27.6 Å². The molecule has 1 heterocycles. The van der Waals surface area contributed by atoms with Gasteiger partial charge in [0.2, 0.25) is 11.9 Å². The van der Waals surface area contributed by atoms with Crippen molar-refractivity contribution < 1.29 is 13.2 Å². The van der Waals surface area contributed by atoms with E-state index in [1.54, 1.807) is 13.0 Å². The fourth-order valence-corrected chi connectivity index (χ4v) is 2.79. The Labute approximate surface area is 140 Å². The lowest BCUT2D eigenvalue weighted by Crippen LogP contribution is -2.15. The number of benzene rings is 1. The number of allylic oxidation sites excluding steroid dienone is 1. The first-order valence-electron chi connectivity index (χ1n) is 7.15. The second kappa shape index (κ2) is 7.22. The lowest BCUT2D eigenvalue weighted by atomic mass is 10.3. The third kappa shape index (κ3) is 4.88. The topological polar surface area (TPSA) is 101 Å². The van der Waals surface area contributed by atoms with Crippen LogP contribution in [0, 0.1) is 6.92 Å². The Bertz CT molecular complexity index is 870. The van der Waals surface area contributed by atoms with Crippen LogP contribution in [-0.2, 0) is 14.8 Å². The molecule has 24 heavy (non-hydrogen) atoms. The lowest BCUT2D eigenvalue weighted by molar-refractivity contribution is -0.111. The monoisotopic (exact) mass is 346 g/mol. The smallest absolute Gasteiger partial charge is 0.264 e. The quantitative estimate of drug-likeness (QED) is 0.810. The number of hydrogen-bond donors (Lipinski definition) is 2. The van der Waals surface area contributed by atoms with Gasteiger partial charge in [0.1, 0.15) is 0 Å². The third-order valence-corrected chi connectivity index (χ3v) is 4.22. The summed E-state index contributed by atoms with van der Waals surface area (Å²) < 4.78 is 26.9. The maximum absolute atomic E-state index is 12.3. The van der Waals surface area contributed by atoms with Crippen molar-refractivity contribution in [1.29, 1.82) is 0 Å². The Balaban J connectivity index is 2.14. The summed E-state index contributed by atoms with van der Waals surface area (Å²) in [6.45, 7) is 5.37. The van der Waals surface area contributed by atoms with Crippen LogP contribution >= 0.6 is 0 Å². The molecular weight excluding hydrogens is 328 g/mol. The number of carbonyl (C=O) groups excluding carboxylic acids is 1. The second-order valence-corrected chi connectivity index (χ2v) is 7.04. The minimum absolute atomic E-state index is 0.0101. The van der Waals surface area contributed by atoms with E-state index in [1.165, 1.54) is 36.5 Å². The molecule has 0 spiro atoms. The van der Waals surface area contributed by atoms with Gasteiger partial charge < -0.3 is 5.32 Å². The molecule has 0 saturated heterocycles. The molecule has 1 amide bonds. The summed E-state index contributed by atoms with van der Waals surface area (Å²) in [6.07, 6.45) is 2.93. The molecule has 7 nitrogen and oxygen atoms in total. The number of aryl methyl sites for hydroxylation is 1. The summed E-state index contributed by atoms with van der Waals surface area (Å²) in [7, 11) is -3.79. The normalized spacial score (nSPS) is 10.8. The van der Waals surface area contributed by atoms with E-state index in [2.05, 4.69) is 20.0 Å². The lowest BCUT2D eigenvalue weighted by Gasteiger charge is -2.08. The number of carbonyl (C=O) groups is 1. The van der Waals surface area contributed by atoms with Gasteiger partial charge in [0, 0.05) is 23.7 Å². The average Bonchev–Trinajstić information content (AvgIpc) is 2.46. The highest BCUT2D eigenvalue weighted by molar-refractivity contribution is 7.92. The molecule has 8 heteroatoms. The zero-order valence-corrected chi connectivity index (χ0v) is 14.4. The van der Waals surface area contributed by atoms with Crippen LogP contribution in [0.2, 0.25) is 0 Å². The molecule has 0 aliphatic rings. The van der Waals surface area contributed by atoms with Gasteiger partial charge in [-0.3, -0.25) is 4.79 Å². The van der Waals surface area contributed by atoms with Crippen LogP contribution in [0.1, 0.15) is 19.5 Å². The van der Waals surface area contributed by atoms with Crippen molar-refractivity contribution in [3.05, 3.63) is 53.9 Å². The van der Waals surface area contributed by atoms with Gasteiger partial charge in [0.15, 0.2) is 0 Å². The highest BCUT2D eigenvalue weighted by atomic mass is 32.2. The van der Waals surface area contributed by atoms with Crippen LogP contribution in [-0.4, -0.2) is 24.3 Å². The van der Waals surface area contributed by atoms with E-state index < -0.39 is 10.0 Å². The highest BCUT2D eigenvalue weighted by Gasteiger charge is 2.15. The van der Waals surface area contributed by atoms with E-state index in [1.807, 2.05) is 13.8 Å². The van der Waals surface area contributed by atoms with Crippen LogP contribution in [0.4, 0.5) is 11.6 Å². The summed E-state index contributed by atoms with van der Waals surface area (Å²) in [5.41, 5.74) is 2.03. The minimum Gasteiger partial charge on any atom is -0.323 e. The van der Waals surface area contributed by atoms with Crippen molar-refractivity contribution in [3.63, 3.8) is 0 Å². The van der Waals surface area contributed by atoms with E-state index in [-0.39, 0.29) is 16.8 Å². The van der Waals surface area contributed by atoms with Gasteiger partial charge in [-0.15, -0.1) is 0 Å². The van der Waals surface area contributed by atoms with Gasteiger partial charge in [-0.25, -0.2) is 23.1 Å². The molecule has 0 atom stereocenters. The zero-order valence-electron chi connectivity index (χ0n) is 13.6. The maximum Gasteiger partial charge on any atom is 0.264 e. The van der Waals surface area contributed by atoms with Crippen molar-refractivity contribution in [2.45, 2.75) is 25.7 Å². The van der Waals surface area contributed by atoms with Gasteiger partial charge in [-0.2, -0.15) is 0 Å². The van der Waals surface area contributed by atoms with Gasteiger partial charge in [0.05, 0.1) is 4.90 Å². The third-order valence-electron chi connectivity index (χ3n) is 2.87. The Morgan fingerprint density at radius 1 is 1.12 bits per heavy atom. The minimum atomic E-state index is -3.79. The largest absolute Gasteiger partial charge is 0.323 e. The molecule has 0 aliphatic heterocycles. The predicted molar refractivity (Wildman–Crippen MR) is 92.1 cm³/mol. The summed E-state index contributed by atoms with van der Waals surface area (Å²) in [6, 6.07) is 7.50. The van der Waals surface area contributed by atoms with E-state index in [0.29, 0.717) is 11.4 Å². The first-order chi connectivity index (χ1) is 11.3. The van der Waals surface area contributed by atoms with Crippen molar-refractivity contribution in [2.75, 3.05) is 10.0 Å².